The van der Waals surface area contributed by atoms with Crippen LogP contribution in [0.3, 0.4) is 0 Å². The molecule has 1 N–H and O–H groups in total. The number of hydrogen-bond acceptors (Lipinski definition) is 5. The molecule has 2 fully saturated rings. The fourth-order valence-electron chi connectivity index (χ4n) is 3.90. The maximum Gasteiger partial charge on any atom is 0.234 e. The SMILES string of the molecule is COCCN1CCC[C@]2(CCN(CC(=O)NCc3ccco3)C2)C1=O. The Labute approximate surface area is 148 Å². The van der Waals surface area contributed by atoms with E-state index in [1.165, 1.54) is 0 Å². The zero-order valence-corrected chi connectivity index (χ0v) is 14.8. The van der Waals surface area contributed by atoms with Crippen molar-refractivity contribution in [1.82, 2.24) is 15.1 Å². The van der Waals surface area contributed by atoms with Crippen molar-refractivity contribution in [1.29, 1.82) is 0 Å². The van der Waals surface area contributed by atoms with Crippen LogP contribution < -0.4 is 5.32 Å². The summed E-state index contributed by atoms with van der Waals surface area (Å²) in [4.78, 5) is 29.1. The van der Waals surface area contributed by atoms with Crippen LogP contribution in [0.5, 0.6) is 0 Å². The number of nitrogens with one attached hydrogen (secondary N) is 1. The Hall–Kier alpha value is -1.86. The molecule has 0 saturated carbocycles. The van der Waals surface area contributed by atoms with Crippen LogP contribution in [-0.2, 0) is 20.9 Å². The molecule has 2 saturated heterocycles. The van der Waals surface area contributed by atoms with Crippen molar-refractivity contribution in [3.63, 3.8) is 0 Å². The fraction of sp³-hybridized carbons (Fsp3) is 0.667. The molecule has 0 bridgehead atoms. The molecule has 1 spiro atoms. The number of piperidine rings is 1. The minimum Gasteiger partial charge on any atom is -0.467 e. The second kappa shape index (κ2) is 8.01. The van der Waals surface area contributed by atoms with Gasteiger partial charge in [-0.15, -0.1) is 0 Å². The number of carbonyl (C=O) groups excluding carboxylic acids is 2. The highest BCUT2D eigenvalue weighted by Crippen LogP contribution is 2.39. The summed E-state index contributed by atoms with van der Waals surface area (Å²) in [6.07, 6.45) is 4.37. The van der Waals surface area contributed by atoms with Gasteiger partial charge in [-0.2, -0.15) is 0 Å². The highest BCUT2D eigenvalue weighted by Gasteiger charge is 2.48. The first-order valence-electron chi connectivity index (χ1n) is 8.93. The summed E-state index contributed by atoms with van der Waals surface area (Å²) in [5.41, 5.74) is -0.312. The van der Waals surface area contributed by atoms with Gasteiger partial charge in [-0.05, 0) is 37.9 Å². The van der Waals surface area contributed by atoms with Crippen molar-refractivity contribution in [3.8, 4) is 0 Å². The van der Waals surface area contributed by atoms with E-state index < -0.39 is 0 Å². The van der Waals surface area contributed by atoms with E-state index in [0.29, 0.717) is 32.8 Å². The van der Waals surface area contributed by atoms with Gasteiger partial charge in [-0.3, -0.25) is 14.5 Å². The smallest absolute Gasteiger partial charge is 0.234 e. The number of amides is 2. The summed E-state index contributed by atoms with van der Waals surface area (Å²) in [6, 6.07) is 3.64. The molecule has 138 valence electrons. The maximum atomic E-state index is 12.9. The summed E-state index contributed by atoms with van der Waals surface area (Å²) >= 11 is 0. The van der Waals surface area contributed by atoms with Gasteiger partial charge in [0.15, 0.2) is 0 Å². The predicted octanol–water partition coefficient (Wildman–Crippen LogP) is 0.857. The van der Waals surface area contributed by atoms with Crippen molar-refractivity contribution < 1.29 is 18.7 Å². The normalized spacial score (nSPS) is 24.2. The van der Waals surface area contributed by atoms with Crippen molar-refractivity contribution >= 4 is 11.8 Å². The predicted molar refractivity (Wildman–Crippen MR) is 91.7 cm³/mol. The van der Waals surface area contributed by atoms with E-state index >= 15 is 0 Å². The van der Waals surface area contributed by atoms with Crippen LogP contribution in [0.25, 0.3) is 0 Å². The largest absolute Gasteiger partial charge is 0.467 e. The quantitative estimate of drug-likeness (QED) is 0.790. The molecule has 7 nitrogen and oxygen atoms in total. The van der Waals surface area contributed by atoms with Crippen molar-refractivity contribution in [2.24, 2.45) is 5.41 Å². The molecule has 0 radical (unpaired) electrons. The summed E-state index contributed by atoms with van der Waals surface area (Å²) in [5.74, 6) is 0.935. The fourth-order valence-corrected chi connectivity index (χ4v) is 3.90. The number of hydrogen-bond donors (Lipinski definition) is 1. The summed E-state index contributed by atoms with van der Waals surface area (Å²) in [6.45, 7) is 4.22. The zero-order valence-electron chi connectivity index (χ0n) is 14.8. The molecule has 7 heteroatoms. The molecule has 1 aromatic heterocycles. The van der Waals surface area contributed by atoms with E-state index in [1.54, 1.807) is 19.4 Å². The Morgan fingerprint density at radius 2 is 2.28 bits per heavy atom. The molecule has 2 aliphatic heterocycles. The lowest BCUT2D eigenvalue weighted by Crippen LogP contribution is -2.51. The third kappa shape index (κ3) is 4.22. The van der Waals surface area contributed by atoms with E-state index in [4.69, 9.17) is 9.15 Å². The number of nitrogens with zero attached hydrogens (tertiary/aromatic N) is 2. The number of methoxy groups -OCH3 is 1. The number of rotatable bonds is 7. The molecule has 1 atom stereocenters. The lowest BCUT2D eigenvalue weighted by atomic mass is 9.78. The Kier molecular flexibility index (Phi) is 5.75. The Bertz CT molecular complexity index is 589. The van der Waals surface area contributed by atoms with Gasteiger partial charge in [0, 0.05) is 26.7 Å². The first-order chi connectivity index (χ1) is 12.1. The van der Waals surface area contributed by atoms with Crippen LogP contribution in [0, 0.1) is 5.41 Å². The van der Waals surface area contributed by atoms with Crippen LogP contribution in [0.4, 0.5) is 0 Å². The number of likely N-dealkylation sites (tertiary alicyclic amines) is 2. The zero-order chi connectivity index (χ0) is 17.7. The van der Waals surface area contributed by atoms with Gasteiger partial charge < -0.3 is 19.4 Å². The van der Waals surface area contributed by atoms with Crippen LogP contribution in [0.15, 0.2) is 22.8 Å². The molecule has 2 aliphatic rings. The Balaban J connectivity index is 1.50. The third-order valence-electron chi connectivity index (χ3n) is 5.23. The van der Waals surface area contributed by atoms with Gasteiger partial charge >= 0.3 is 0 Å². The molecule has 25 heavy (non-hydrogen) atoms. The van der Waals surface area contributed by atoms with Gasteiger partial charge in [-0.25, -0.2) is 0 Å². The molecule has 1 aromatic rings. The molecule has 2 amide bonds. The van der Waals surface area contributed by atoms with Crippen LogP contribution >= 0.6 is 0 Å². The van der Waals surface area contributed by atoms with E-state index in [2.05, 4.69) is 10.2 Å². The molecular formula is C18H27N3O4. The van der Waals surface area contributed by atoms with E-state index in [9.17, 15) is 9.59 Å². The van der Waals surface area contributed by atoms with Crippen LogP contribution in [0.2, 0.25) is 0 Å². The van der Waals surface area contributed by atoms with Crippen molar-refractivity contribution in [2.75, 3.05) is 46.4 Å². The van der Waals surface area contributed by atoms with Crippen LogP contribution in [0.1, 0.15) is 25.0 Å². The number of carbonyl (C=O) groups is 2. The first kappa shape index (κ1) is 17.9. The summed E-state index contributed by atoms with van der Waals surface area (Å²) in [5, 5.41) is 2.86. The number of ether oxygens (including phenoxy) is 1. The van der Waals surface area contributed by atoms with Gasteiger partial charge in [0.1, 0.15) is 5.76 Å². The minimum atomic E-state index is -0.312. The minimum absolute atomic E-state index is 0.0343. The standard InChI is InChI=1S/C18H27N3O4/c1-24-11-9-21-7-3-5-18(17(21)23)6-8-20(14-18)13-16(22)19-12-15-4-2-10-25-15/h2,4,10H,3,5-9,11-14H2,1H3,(H,19,22)/t18-/m1/s1. The maximum absolute atomic E-state index is 12.9. The van der Waals surface area contributed by atoms with Gasteiger partial charge in [0.05, 0.1) is 31.4 Å². The number of furan rings is 1. The summed E-state index contributed by atoms with van der Waals surface area (Å²) < 4.78 is 10.3. The Morgan fingerprint density at radius 3 is 3.04 bits per heavy atom. The molecule has 0 unspecified atom stereocenters. The average molecular weight is 349 g/mol. The topological polar surface area (TPSA) is 75.0 Å². The molecule has 0 aromatic carbocycles. The average Bonchev–Trinajstić information content (AvgIpc) is 3.25. The van der Waals surface area contributed by atoms with E-state index in [0.717, 1.165) is 38.1 Å². The molecular weight excluding hydrogens is 322 g/mol. The summed E-state index contributed by atoms with van der Waals surface area (Å²) in [7, 11) is 1.66. The van der Waals surface area contributed by atoms with Crippen LogP contribution in [-0.4, -0.2) is 68.1 Å². The second-order valence-corrected chi connectivity index (χ2v) is 6.99. The lowest BCUT2D eigenvalue weighted by molar-refractivity contribution is -0.146. The van der Waals surface area contributed by atoms with Gasteiger partial charge in [0.25, 0.3) is 0 Å². The van der Waals surface area contributed by atoms with Gasteiger partial charge in [0.2, 0.25) is 11.8 Å². The molecule has 3 rings (SSSR count). The lowest BCUT2D eigenvalue weighted by Gasteiger charge is -2.39. The first-order valence-corrected chi connectivity index (χ1v) is 8.93. The van der Waals surface area contributed by atoms with Crippen molar-refractivity contribution in [2.45, 2.75) is 25.8 Å². The molecule has 3 heterocycles. The van der Waals surface area contributed by atoms with E-state index in [1.807, 2.05) is 11.0 Å². The monoisotopic (exact) mass is 349 g/mol. The second-order valence-electron chi connectivity index (χ2n) is 6.99. The highest BCUT2D eigenvalue weighted by atomic mass is 16.5. The Morgan fingerprint density at radius 1 is 1.40 bits per heavy atom. The van der Waals surface area contributed by atoms with E-state index in [-0.39, 0.29) is 17.2 Å². The third-order valence-corrected chi connectivity index (χ3v) is 5.23. The van der Waals surface area contributed by atoms with Crippen molar-refractivity contribution in [3.05, 3.63) is 24.2 Å². The molecule has 0 aliphatic carbocycles. The highest BCUT2D eigenvalue weighted by molar-refractivity contribution is 5.84. The van der Waals surface area contributed by atoms with Gasteiger partial charge in [-0.1, -0.05) is 0 Å².